The Morgan fingerprint density at radius 3 is 2.79 bits per heavy atom. The van der Waals surface area contributed by atoms with Crippen LogP contribution in [0.15, 0.2) is 24.3 Å². The molecule has 1 heterocycles. The molecular formula is C17H28N2. The maximum atomic E-state index is 2.63. The lowest BCUT2D eigenvalue weighted by atomic mass is 9.95. The second-order valence-electron chi connectivity index (χ2n) is 5.89. The predicted octanol–water partition coefficient (Wildman–Crippen LogP) is 3.34. The van der Waals surface area contributed by atoms with Gasteiger partial charge in [0.15, 0.2) is 0 Å². The number of rotatable bonds is 6. The third-order valence-corrected chi connectivity index (χ3v) is 4.24. The summed E-state index contributed by atoms with van der Waals surface area (Å²) < 4.78 is 0. The number of likely N-dealkylation sites (tertiary alicyclic amines) is 1. The third kappa shape index (κ3) is 3.80. The molecule has 0 bridgehead atoms. The van der Waals surface area contributed by atoms with Crippen LogP contribution < -0.4 is 0 Å². The average molecular weight is 260 g/mol. The molecule has 106 valence electrons. The van der Waals surface area contributed by atoms with Crippen molar-refractivity contribution in [1.82, 2.24) is 9.80 Å². The van der Waals surface area contributed by atoms with Crippen LogP contribution in [0.5, 0.6) is 0 Å². The van der Waals surface area contributed by atoms with Gasteiger partial charge >= 0.3 is 0 Å². The maximum Gasteiger partial charge on any atom is 0.0351 e. The van der Waals surface area contributed by atoms with Crippen LogP contribution >= 0.6 is 0 Å². The first-order chi connectivity index (χ1) is 9.22. The van der Waals surface area contributed by atoms with Crippen molar-refractivity contribution in [1.29, 1.82) is 0 Å². The maximum absolute atomic E-state index is 2.63. The summed E-state index contributed by atoms with van der Waals surface area (Å²) in [6.45, 7) is 5.91. The van der Waals surface area contributed by atoms with Crippen LogP contribution in [0.1, 0.15) is 43.4 Å². The molecule has 0 aromatic heterocycles. The van der Waals surface area contributed by atoms with Gasteiger partial charge in [-0.15, -0.1) is 0 Å². The van der Waals surface area contributed by atoms with Gasteiger partial charge in [0.1, 0.15) is 0 Å². The molecule has 0 aliphatic carbocycles. The van der Waals surface area contributed by atoms with Gasteiger partial charge in [-0.2, -0.15) is 0 Å². The van der Waals surface area contributed by atoms with Gasteiger partial charge in [0.05, 0.1) is 0 Å². The SMILES string of the molecule is CCN1CCCC1c1ccccc1CCCN(C)C. The molecule has 0 saturated carbocycles. The fourth-order valence-electron chi connectivity index (χ4n) is 3.23. The van der Waals surface area contributed by atoms with Crippen molar-refractivity contribution in [3.63, 3.8) is 0 Å². The Labute approximate surface area is 118 Å². The van der Waals surface area contributed by atoms with E-state index in [2.05, 4.69) is 55.1 Å². The number of aryl methyl sites for hydroxylation is 1. The Hall–Kier alpha value is -0.860. The summed E-state index contributed by atoms with van der Waals surface area (Å²) in [6, 6.07) is 9.75. The predicted molar refractivity (Wildman–Crippen MR) is 82.5 cm³/mol. The molecule has 1 aliphatic heterocycles. The van der Waals surface area contributed by atoms with Crippen LogP contribution in [0.4, 0.5) is 0 Å². The summed E-state index contributed by atoms with van der Waals surface area (Å²) >= 11 is 0. The lowest BCUT2D eigenvalue weighted by molar-refractivity contribution is 0.270. The minimum atomic E-state index is 0.667. The van der Waals surface area contributed by atoms with E-state index in [9.17, 15) is 0 Å². The molecule has 2 rings (SSSR count). The van der Waals surface area contributed by atoms with E-state index in [-0.39, 0.29) is 0 Å². The third-order valence-electron chi connectivity index (χ3n) is 4.24. The van der Waals surface area contributed by atoms with E-state index >= 15 is 0 Å². The molecule has 1 unspecified atom stereocenters. The summed E-state index contributed by atoms with van der Waals surface area (Å²) in [5.74, 6) is 0. The molecule has 0 amide bonds. The normalized spacial score (nSPS) is 20.3. The first kappa shape index (κ1) is 14.5. The van der Waals surface area contributed by atoms with E-state index in [1.54, 1.807) is 11.1 Å². The summed E-state index contributed by atoms with van der Waals surface area (Å²) in [4.78, 5) is 4.90. The van der Waals surface area contributed by atoms with E-state index in [4.69, 9.17) is 0 Å². The monoisotopic (exact) mass is 260 g/mol. The number of hydrogen-bond donors (Lipinski definition) is 0. The summed E-state index contributed by atoms with van der Waals surface area (Å²) in [6.07, 6.45) is 5.15. The van der Waals surface area contributed by atoms with Gasteiger partial charge in [-0.3, -0.25) is 4.90 Å². The van der Waals surface area contributed by atoms with Crippen LogP contribution in [-0.2, 0) is 6.42 Å². The molecule has 2 heteroatoms. The highest BCUT2D eigenvalue weighted by Gasteiger charge is 2.25. The Morgan fingerprint density at radius 2 is 2.05 bits per heavy atom. The van der Waals surface area contributed by atoms with Crippen LogP contribution in [0, 0.1) is 0 Å². The molecule has 0 spiro atoms. The van der Waals surface area contributed by atoms with Crippen molar-refractivity contribution in [3.05, 3.63) is 35.4 Å². The molecule has 1 fully saturated rings. The lowest BCUT2D eigenvalue weighted by Gasteiger charge is -2.25. The smallest absolute Gasteiger partial charge is 0.0351 e. The van der Waals surface area contributed by atoms with Gasteiger partial charge in [0.2, 0.25) is 0 Å². The topological polar surface area (TPSA) is 6.48 Å². The Bertz CT molecular complexity index is 387. The highest BCUT2D eigenvalue weighted by molar-refractivity contribution is 5.31. The number of hydrogen-bond acceptors (Lipinski definition) is 2. The van der Waals surface area contributed by atoms with Gasteiger partial charge in [-0.1, -0.05) is 31.2 Å². The average Bonchev–Trinajstić information content (AvgIpc) is 2.87. The van der Waals surface area contributed by atoms with E-state index in [0.29, 0.717) is 6.04 Å². The van der Waals surface area contributed by atoms with Crippen LogP contribution in [0.3, 0.4) is 0 Å². The Kier molecular flexibility index (Phi) is 5.41. The van der Waals surface area contributed by atoms with Gasteiger partial charge in [0, 0.05) is 6.04 Å². The number of nitrogens with zero attached hydrogens (tertiary/aromatic N) is 2. The number of benzene rings is 1. The van der Waals surface area contributed by atoms with Crippen molar-refractivity contribution in [3.8, 4) is 0 Å². The minimum Gasteiger partial charge on any atom is -0.309 e. The first-order valence-electron chi connectivity index (χ1n) is 7.69. The van der Waals surface area contributed by atoms with Gasteiger partial charge in [-0.05, 0) is 70.5 Å². The fraction of sp³-hybridized carbons (Fsp3) is 0.647. The zero-order chi connectivity index (χ0) is 13.7. The Balaban J connectivity index is 2.07. The van der Waals surface area contributed by atoms with E-state index in [1.807, 2.05) is 0 Å². The molecule has 1 aliphatic rings. The fourth-order valence-corrected chi connectivity index (χ4v) is 3.23. The van der Waals surface area contributed by atoms with Gasteiger partial charge in [-0.25, -0.2) is 0 Å². The van der Waals surface area contributed by atoms with Crippen LogP contribution in [-0.4, -0.2) is 43.5 Å². The Morgan fingerprint density at radius 1 is 1.26 bits per heavy atom. The quantitative estimate of drug-likeness (QED) is 0.774. The molecule has 1 saturated heterocycles. The highest BCUT2D eigenvalue weighted by atomic mass is 15.2. The summed E-state index contributed by atoms with van der Waals surface area (Å²) in [5.41, 5.74) is 3.15. The van der Waals surface area contributed by atoms with E-state index in [0.717, 1.165) is 0 Å². The summed E-state index contributed by atoms with van der Waals surface area (Å²) in [5, 5.41) is 0. The van der Waals surface area contributed by atoms with Crippen LogP contribution in [0.2, 0.25) is 0 Å². The van der Waals surface area contributed by atoms with Gasteiger partial charge in [0.25, 0.3) is 0 Å². The van der Waals surface area contributed by atoms with Crippen molar-refractivity contribution in [2.24, 2.45) is 0 Å². The molecule has 0 radical (unpaired) electrons. The van der Waals surface area contributed by atoms with Crippen molar-refractivity contribution >= 4 is 0 Å². The minimum absolute atomic E-state index is 0.667. The molecular weight excluding hydrogens is 232 g/mol. The van der Waals surface area contributed by atoms with Crippen molar-refractivity contribution < 1.29 is 0 Å². The largest absolute Gasteiger partial charge is 0.309 e. The lowest BCUT2D eigenvalue weighted by Crippen LogP contribution is -2.23. The molecule has 2 nitrogen and oxygen atoms in total. The molecule has 0 N–H and O–H groups in total. The standard InChI is InChI=1S/C17H28N2/c1-4-19-14-8-12-17(19)16-11-6-5-9-15(16)10-7-13-18(2)3/h5-6,9,11,17H,4,7-8,10,12-14H2,1-3H3. The molecule has 19 heavy (non-hydrogen) atoms. The van der Waals surface area contributed by atoms with Crippen LogP contribution in [0.25, 0.3) is 0 Å². The zero-order valence-corrected chi connectivity index (χ0v) is 12.7. The summed E-state index contributed by atoms with van der Waals surface area (Å²) in [7, 11) is 4.31. The molecule has 1 aromatic rings. The highest BCUT2D eigenvalue weighted by Crippen LogP contribution is 2.33. The van der Waals surface area contributed by atoms with Gasteiger partial charge < -0.3 is 4.90 Å². The second-order valence-corrected chi connectivity index (χ2v) is 5.89. The molecule has 1 atom stereocenters. The zero-order valence-electron chi connectivity index (χ0n) is 12.7. The van der Waals surface area contributed by atoms with Crippen molar-refractivity contribution in [2.75, 3.05) is 33.7 Å². The molecule has 1 aromatic carbocycles. The first-order valence-corrected chi connectivity index (χ1v) is 7.69. The van der Waals surface area contributed by atoms with Crippen molar-refractivity contribution in [2.45, 2.75) is 38.6 Å². The second kappa shape index (κ2) is 7.06. The van der Waals surface area contributed by atoms with E-state index in [1.165, 1.54) is 45.3 Å². The van der Waals surface area contributed by atoms with E-state index < -0.39 is 0 Å².